The zero-order chi connectivity index (χ0) is 16.9. The number of hydrogen-bond acceptors (Lipinski definition) is 4. The van der Waals surface area contributed by atoms with E-state index in [1.165, 1.54) is 0 Å². The van der Waals surface area contributed by atoms with Crippen LogP contribution in [-0.2, 0) is 16.1 Å². The minimum absolute atomic E-state index is 0.100. The minimum Gasteiger partial charge on any atom is -0.481 e. The molecule has 0 aliphatic carbocycles. The van der Waals surface area contributed by atoms with Crippen LogP contribution in [0.25, 0.3) is 0 Å². The molecule has 0 saturated carbocycles. The van der Waals surface area contributed by atoms with E-state index in [9.17, 15) is 9.59 Å². The average Bonchev–Trinajstić information content (AvgIpc) is 3.03. The van der Waals surface area contributed by atoms with E-state index in [2.05, 4.69) is 5.10 Å². The summed E-state index contributed by atoms with van der Waals surface area (Å²) in [5, 5.41) is 13.1. The van der Waals surface area contributed by atoms with Gasteiger partial charge in [-0.15, -0.1) is 0 Å². The molecular formula is C17H19N3O4. The molecule has 1 aromatic heterocycles. The fraction of sp³-hybridized carbons (Fsp3) is 0.353. The van der Waals surface area contributed by atoms with E-state index in [1.807, 2.05) is 30.3 Å². The van der Waals surface area contributed by atoms with Gasteiger partial charge in [-0.25, -0.2) is 0 Å². The van der Waals surface area contributed by atoms with E-state index in [0.29, 0.717) is 25.3 Å². The second-order valence-electron chi connectivity index (χ2n) is 5.75. The lowest BCUT2D eigenvalue weighted by molar-refractivity contribution is -0.141. The summed E-state index contributed by atoms with van der Waals surface area (Å²) in [5.74, 6) is -1.07. The molecule has 2 aromatic rings. The predicted molar refractivity (Wildman–Crippen MR) is 85.7 cm³/mol. The highest BCUT2D eigenvalue weighted by atomic mass is 16.5. The van der Waals surface area contributed by atoms with Crippen LogP contribution in [0.4, 0.5) is 0 Å². The zero-order valence-electron chi connectivity index (χ0n) is 13.2. The van der Waals surface area contributed by atoms with Gasteiger partial charge in [0, 0.05) is 19.3 Å². The van der Waals surface area contributed by atoms with E-state index in [4.69, 9.17) is 9.84 Å². The van der Waals surface area contributed by atoms with Crippen molar-refractivity contribution in [3.63, 3.8) is 0 Å². The maximum Gasteiger partial charge on any atom is 0.306 e. The molecule has 24 heavy (non-hydrogen) atoms. The lowest BCUT2D eigenvalue weighted by Crippen LogP contribution is -2.46. The Bertz CT molecular complexity index is 714. The maximum absolute atomic E-state index is 12.6. The van der Waals surface area contributed by atoms with Crippen LogP contribution < -0.4 is 0 Å². The molecule has 126 valence electrons. The monoisotopic (exact) mass is 329 g/mol. The largest absolute Gasteiger partial charge is 0.481 e. The van der Waals surface area contributed by atoms with Gasteiger partial charge in [0.05, 0.1) is 37.4 Å². The van der Waals surface area contributed by atoms with Crippen LogP contribution in [0.1, 0.15) is 22.3 Å². The predicted octanol–water partition coefficient (Wildman–Crippen LogP) is 1.25. The Morgan fingerprint density at radius 2 is 2.08 bits per heavy atom. The van der Waals surface area contributed by atoms with Crippen molar-refractivity contribution in [2.45, 2.75) is 19.1 Å². The van der Waals surface area contributed by atoms with Gasteiger partial charge in [-0.3, -0.25) is 14.3 Å². The Hall–Kier alpha value is -2.67. The van der Waals surface area contributed by atoms with Gasteiger partial charge >= 0.3 is 5.97 Å². The normalized spacial score (nSPS) is 17.7. The maximum atomic E-state index is 12.6. The van der Waals surface area contributed by atoms with E-state index in [0.717, 1.165) is 5.56 Å². The van der Waals surface area contributed by atoms with Crippen LogP contribution in [0, 0.1) is 0 Å². The number of morpholine rings is 1. The molecule has 0 unspecified atom stereocenters. The molecule has 1 saturated heterocycles. The zero-order valence-corrected chi connectivity index (χ0v) is 13.2. The van der Waals surface area contributed by atoms with Gasteiger partial charge in [-0.2, -0.15) is 5.10 Å². The first-order valence-corrected chi connectivity index (χ1v) is 7.81. The lowest BCUT2D eigenvalue weighted by atomic mass is 10.2. The number of ether oxygens (including phenoxy) is 1. The highest BCUT2D eigenvalue weighted by Crippen LogP contribution is 2.13. The van der Waals surface area contributed by atoms with Crippen LogP contribution in [0.2, 0.25) is 0 Å². The highest BCUT2D eigenvalue weighted by molar-refractivity contribution is 5.93. The average molecular weight is 329 g/mol. The van der Waals surface area contributed by atoms with Crippen molar-refractivity contribution in [1.82, 2.24) is 14.7 Å². The first-order valence-electron chi connectivity index (χ1n) is 7.81. The van der Waals surface area contributed by atoms with Gasteiger partial charge in [-0.1, -0.05) is 30.3 Å². The topological polar surface area (TPSA) is 84.7 Å². The van der Waals surface area contributed by atoms with Crippen LogP contribution in [0.3, 0.4) is 0 Å². The SMILES string of the molecule is O=C(O)C[C@H]1CN(C(=O)c2cnn(Cc3ccccc3)c2)CCO1. The third-order valence-electron chi connectivity index (χ3n) is 3.90. The van der Waals surface area contributed by atoms with Gasteiger partial charge in [0.15, 0.2) is 0 Å². The summed E-state index contributed by atoms with van der Waals surface area (Å²) in [7, 11) is 0. The molecule has 2 heterocycles. The summed E-state index contributed by atoms with van der Waals surface area (Å²) >= 11 is 0. The molecule has 7 nitrogen and oxygen atoms in total. The van der Waals surface area contributed by atoms with Crippen LogP contribution in [0.5, 0.6) is 0 Å². The number of amides is 1. The first-order chi connectivity index (χ1) is 11.6. The number of aromatic nitrogens is 2. The fourth-order valence-corrected chi connectivity index (χ4v) is 2.74. The Balaban J connectivity index is 1.64. The second-order valence-corrected chi connectivity index (χ2v) is 5.75. The van der Waals surface area contributed by atoms with E-state index in [1.54, 1.807) is 22.0 Å². The van der Waals surface area contributed by atoms with E-state index >= 15 is 0 Å². The van der Waals surface area contributed by atoms with Crippen molar-refractivity contribution in [3.8, 4) is 0 Å². The molecule has 0 radical (unpaired) electrons. The van der Waals surface area contributed by atoms with E-state index in [-0.39, 0.29) is 18.9 Å². The molecule has 7 heteroatoms. The highest BCUT2D eigenvalue weighted by Gasteiger charge is 2.27. The van der Waals surface area contributed by atoms with Crippen molar-refractivity contribution < 1.29 is 19.4 Å². The number of carbonyl (C=O) groups is 2. The quantitative estimate of drug-likeness (QED) is 0.892. The number of rotatable bonds is 5. The number of nitrogens with zero attached hydrogens (tertiary/aromatic N) is 3. The molecule has 3 rings (SSSR count). The Morgan fingerprint density at radius 3 is 2.83 bits per heavy atom. The van der Waals surface area contributed by atoms with Crippen molar-refractivity contribution >= 4 is 11.9 Å². The molecule has 0 spiro atoms. The van der Waals surface area contributed by atoms with Gasteiger partial charge in [0.25, 0.3) is 5.91 Å². The minimum atomic E-state index is -0.926. The number of carboxylic acids is 1. The summed E-state index contributed by atoms with van der Waals surface area (Å²) in [6.45, 7) is 1.69. The summed E-state index contributed by atoms with van der Waals surface area (Å²) in [6, 6.07) is 9.87. The van der Waals surface area contributed by atoms with Crippen LogP contribution in [0.15, 0.2) is 42.7 Å². The van der Waals surface area contributed by atoms with Crippen molar-refractivity contribution in [2.24, 2.45) is 0 Å². The third-order valence-corrected chi connectivity index (χ3v) is 3.90. The van der Waals surface area contributed by atoms with Gasteiger partial charge in [0.2, 0.25) is 0 Å². The smallest absolute Gasteiger partial charge is 0.306 e. The summed E-state index contributed by atoms with van der Waals surface area (Å²) in [6.07, 6.45) is 2.71. The molecule has 1 aromatic carbocycles. The summed E-state index contributed by atoms with van der Waals surface area (Å²) in [4.78, 5) is 25.0. The molecule has 0 bridgehead atoms. The Morgan fingerprint density at radius 1 is 1.29 bits per heavy atom. The fourth-order valence-electron chi connectivity index (χ4n) is 2.74. The molecule has 1 fully saturated rings. The summed E-state index contributed by atoms with van der Waals surface area (Å²) in [5.41, 5.74) is 1.61. The number of aliphatic carboxylic acids is 1. The molecule has 1 aliphatic rings. The van der Waals surface area contributed by atoms with Gasteiger partial charge in [0.1, 0.15) is 0 Å². The van der Waals surface area contributed by atoms with Crippen LogP contribution in [-0.4, -0.2) is 57.5 Å². The number of carbonyl (C=O) groups excluding carboxylic acids is 1. The second kappa shape index (κ2) is 7.27. The molecule has 1 aliphatic heterocycles. The number of carboxylic acid groups (broad SMARTS) is 1. The first kappa shape index (κ1) is 16.2. The standard InChI is InChI=1S/C17H19N3O4/c21-16(22)8-15-12-19(6-7-24-15)17(23)14-9-18-20(11-14)10-13-4-2-1-3-5-13/h1-5,9,11,15H,6-8,10,12H2,(H,21,22)/t15-/m0/s1. The van der Waals surface area contributed by atoms with Gasteiger partial charge in [-0.05, 0) is 5.56 Å². The third kappa shape index (κ3) is 3.99. The molecule has 1 N–H and O–H groups in total. The summed E-state index contributed by atoms with van der Waals surface area (Å²) < 4.78 is 7.11. The van der Waals surface area contributed by atoms with Crippen molar-refractivity contribution in [1.29, 1.82) is 0 Å². The Labute approximate surface area is 139 Å². The van der Waals surface area contributed by atoms with E-state index < -0.39 is 12.1 Å². The molecule has 1 atom stereocenters. The van der Waals surface area contributed by atoms with Crippen molar-refractivity contribution in [3.05, 3.63) is 53.9 Å². The number of hydrogen-bond donors (Lipinski definition) is 1. The van der Waals surface area contributed by atoms with Crippen molar-refractivity contribution in [2.75, 3.05) is 19.7 Å². The lowest BCUT2D eigenvalue weighted by Gasteiger charge is -2.32. The Kier molecular flexibility index (Phi) is 4.90. The van der Waals surface area contributed by atoms with Crippen LogP contribution >= 0.6 is 0 Å². The van der Waals surface area contributed by atoms with Gasteiger partial charge < -0.3 is 14.7 Å². The molecule has 1 amide bonds. The number of benzene rings is 1. The molecular weight excluding hydrogens is 310 g/mol.